The molecule has 2 saturated heterocycles. The predicted molar refractivity (Wildman–Crippen MR) is 192 cm³/mol. The number of ether oxygens (including phenoxy) is 1. The molecule has 15 nitrogen and oxygen atoms in total. The molecule has 0 aromatic heterocycles. The van der Waals surface area contributed by atoms with Gasteiger partial charge in [-0.2, -0.15) is 0 Å². The van der Waals surface area contributed by atoms with Crippen molar-refractivity contribution in [1.29, 1.82) is 0 Å². The van der Waals surface area contributed by atoms with Crippen LogP contribution in [0.4, 0.5) is 32.8 Å². The molecular formula is C37H33ClFN5O10. The molecule has 17 heteroatoms. The van der Waals surface area contributed by atoms with Gasteiger partial charge in [0.2, 0.25) is 23.6 Å². The van der Waals surface area contributed by atoms with E-state index in [1.54, 1.807) is 38.1 Å². The number of fused-ring (bicyclic) bond motifs is 4. The van der Waals surface area contributed by atoms with Gasteiger partial charge in [-0.15, -0.1) is 0 Å². The van der Waals surface area contributed by atoms with Crippen molar-refractivity contribution in [3.63, 3.8) is 0 Å². The highest BCUT2D eigenvalue weighted by molar-refractivity contribution is 6.32. The number of allylic oxidation sites excluding steroid dienone is 2. The Morgan fingerprint density at radius 3 is 2.22 bits per heavy atom. The van der Waals surface area contributed by atoms with E-state index < -0.39 is 85.7 Å². The molecule has 6 atom stereocenters. The Bertz CT molecular complexity index is 2210. The van der Waals surface area contributed by atoms with E-state index >= 15 is 0 Å². The highest BCUT2D eigenvalue weighted by Crippen LogP contribution is 2.65. The third-order valence-electron chi connectivity index (χ3n) is 11.2. The van der Waals surface area contributed by atoms with Gasteiger partial charge in [-0.05, 0) is 56.9 Å². The Balaban J connectivity index is 1.38. The molecule has 2 heterocycles. The predicted octanol–water partition coefficient (Wildman–Crippen LogP) is 5.90. The maximum absolute atomic E-state index is 14.7. The molecule has 3 aromatic rings. The molecule has 1 saturated carbocycles. The largest absolute Gasteiger partial charge is 0.504 e. The first-order chi connectivity index (χ1) is 25.5. The zero-order valence-electron chi connectivity index (χ0n) is 29.3. The number of carbonyl (C=O) groups is 4. The number of hydrogen-bond acceptors (Lipinski definition) is 11. The number of nitro groups is 2. The Morgan fingerprint density at radius 1 is 0.963 bits per heavy atom. The van der Waals surface area contributed by atoms with Crippen LogP contribution in [0.1, 0.15) is 38.2 Å². The number of amides is 4. The molecule has 0 bridgehead atoms. The lowest BCUT2D eigenvalue weighted by Gasteiger charge is -2.49. The van der Waals surface area contributed by atoms with Crippen LogP contribution in [0.3, 0.4) is 0 Å². The van der Waals surface area contributed by atoms with E-state index in [4.69, 9.17) is 16.3 Å². The van der Waals surface area contributed by atoms with Crippen molar-refractivity contribution in [2.75, 3.05) is 35.4 Å². The van der Waals surface area contributed by atoms with Crippen molar-refractivity contribution >= 4 is 63.7 Å². The van der Waals surface area contributed by atoms with Gasteiger partial charge in [0.1, 0.15) is 5.82 Å². The second-order valence-corrected chi connectivity index (χ2v) is 14.5. The van der Waals surface area contributed by atoms with E-state index in [1.165, 1.54) is 25.1 Å². The molecule has 4 amide bonds. The van der Waals surface area contributed by atoms with Gasteiger partial charge in [0.05, 0.1) is 56.0 Å². The quantitative estimate of drug-likeness (QED) is 0.124. The monoisotopic (exact) mass is 761 g/mol. The Kier molecular flexibility index (Phi) is 8.71. The first-order valence-electron chi connectivity index (χ1n) is 17.0. The van der Waals surface area contributed by atoms with Gasteiger partial charge in [-0.3, -0.25) is 39.4 Å². The van der Waals surface area contributed by atoms with Crippen LogP contribution < -0.4 is 19.4 Å². The smallest absolute Gasteiger partial charge is 0.301 e. The maximum Gasteiger partial charge on any atom is 0.301 e. The molecule has 1 N–H and O–H groups in total. The Morgan fingerprint density at radius 2 is 1.63 bits per heavy atom. The minimum absolute atomic E-state index is 0.0138. The number of aromatic hydroxyl groups is 1. The average molecular weight is 762 g/mol. The molecule has 0 radical (unpaired) electrons. The number of phenols is 1. The minimum Gasteiger partial charge on any atom is -0.504 e. The lowest BCUT2D eigenvalue weighted by atomic mass is 9.51. The summed E-state index contributed by atoms with van der Waals surface area (Å²) in [7, 11) is 2.78. The zero-order valence-corrected chi connectivity index (χ0v) is 30.1. The van der Waals surface area contributed by atoms with Crippen LogP contribution in [0.2, 0.25) is 5.02 Å². The SMILES string of the molecule is CCOc1cccc(C2C3=CCC4C(=O)N(c5cc([N+](=O)[O-])c(N(C)C)c([N+](=O)[O-])c5)C(=O)C4C3CC3C(=O)N(c4ccc(F)c(Cl)c4)C(=O)C32C)c1O. The highest BCUT2D eigenvalue weighted by atomic mass is 35.5. The molecule has 280 valence electrons. The summed E-state index contributed by atoms with van der Waals surface area (Å²) in [4.78, 5) is 83.2. The Labute approximate surface area is 311 Å². The number of nitrogens with zero attached hydrogens (tertiary/aromatic N) is 5. The fourth-order valence-electron chi connectivity index (χ4n) is 8.98. The summed E-state index contributed by atoms with van der Waals surface area (Å²) >= 11 is 6.07. The van der Waals surface area contributed by atoms with Crippen molar-refractivity contribution in [1.82, 2.24) is 0 Å². The molecule has 3 fully saturated rings. The summed E-state index contributed by atoms with van der Waals surface area (Å²) in [6.07, 6.45) is 1.63. The third-order valence-corrected chi connectivity index (χ3v) is 11.5. The summed E-state index contributed by atoms with van der Waals surface area (Å²) in [5, 5.41) is 35.6. The third kappa shape index (κ3) is 5.14. The second-order valence-electron chi connectivity index (χ2n) is 14.1. The lowest BCUT2D eigenvalue weighted by molar-refractivity contribution is -0.392. The maximum atomic E-state index is 14.7. The fraction of sp³-hybridized carbons (Fsp3) is 0.351. The normalized spacial score (nSPS) is 26.0. The molecule has 2 aliphatic heterocycles. The number of carbonyl (C=O) groups excluding carboxylic acids is 4. The number of imide groups is 2. The number of hydrogen-bond donors (Lipinski definition) is 1. The number of nitro benzene ring substituents is 2. The summed E-state index contributed by atoms with van der Waals surface area (Å²) in [5.74, 6) is -8.90. The van der Waals surface area contributed by atoms with Gasteiger partial charge in [0.15, 0.2) is 17.2 Å². The van der Waals surface area contributed by atoms with Crippen LogP contribution in [0, 0.1) is 55.1 Å². The minimum atomic E-state index is -1.57. The summed E-state index contributed by atoms with van der Waals surface area (Å²) in [6.45, 7) is 3.52. The van der Waals surface area contributed by atoms with Crippen LogP contribution in [0.25, 0.3) is 0 Å². The van der Waals surface area contributed by atoms with E-state index in [2.05, 4.69) is 0 Å². The fourth-order valence-corrected chi connectivity index (χ4v) is 9.16. The van der Waals surface area contributed by atoms with Crippen LogP contribution in [0.15, 0.2) is 60.2 Å². The summed E-state index contributed by atoms with van der Waals surface area (Å²) < 4.78 is 19.9. The molecule has 4 aliphatic rings. The van der Waals surface area contributed by atoms with Crippen molar-refractivity contribution in [3.05, 3.63) is 96.8 Å². The molecule has 2 aliphatic carbocycles. The van der Waals surface area contributed by atoms with Gasteiger partial charge in [0.25, 0.3) is 0 Å². The van der Waals surface area contributed by atoms with E-state index in [-0.39, 0.29) is 58.6 Å². The number of halogens is 2. The zero-order chi connectivity index (χ0) is 39.1. The average Bonchev–Trinajstić information content (AvgIpc) is 3.49. The second kappa shape index (κ2) is 12.9. The molecule has 54 heavy (non-hydrogen) atoms. The molecule has 6 unspecified atom stereocenters. The van der Waals surface area contributed by atoms with Gasteiger partial charge in [-0.25, -0.2) is 14.2 Å². The van der Waals surface area contributed by atoms with Crippen molar-refractivity contribution in [2.45, 2.75) is 32.6 Å². The van der Waals surface area contributed by atoms with Gasteiger partial charge >= 0.3 is 11.4 Å². The molecule has 3 aromatic carbocycles. The standard InChI is InChI=1S/C37H33ClFN5O10/c1-5-54-28-8-6-7-21(32(28)45)30-19-10-11-20-29(22(19)16-23-34(47)42(36(49)37(23,30)2)17-9-12-25(39)24(38)13-17)35(48)41(33(20)46)18-14-26(43(50)51)31(40(3)4)27(15-18)44(52)53/h6-10,12-15,20,22-23,29-30,45H,5,11,16H2,1-4H3. The van der Waals surface area contributed by atoms with Crippen LogP contribution >= 0.6 is 11.6 Å². The topological polar surface area (TPSA) is 194 Å². The molecule has 7 rings (SSSR count). The number of para-hydroxylation sites is 1. The van der Waals surface area contributed by atoms with Crippen LogP contribution in [-0.2, 0) is 19.2 Å². The van der Waals surface area contributed by atoms with E-state index in [0.717, 1.165) is 34.1 Å². The summed E-state index contributed by atoms with van der Waals surface area (Å²) in [5.41, 5.74) is -2.84. The number of rotatable bonds is 8. The number of anilines is 3. The summed E-state index contributed by atoms with van der Waals surface area (Å²) in [6, 6.07) is 10.1. The van der Waals surface area contributed by atoms with Crippen molar-refractivity contribution < 1.29 is 43.3 Å². The molecular weight excluding hydrogens is 729 g/mol. The van der Waals surface area contributed by atoms with E-state index in [1.807, 2.05) is 0 Å². The van der Waals surface area contributed by atoms with Gasteiger partial charge < -0.3 is 14.7 Å². The first-order valence-corrected chi connectivity index (χ1v) is 17.4. The first kappa shape index (κ1) is 36.5. The van der Waals surface area contributed by atoms with Gasteiger partial charge in [-0.1, -0.05) is 35.4 Å². The number of benzene rings is 3. The molecule has 0 spiro atoms. The van der Waals surface area contributed by atoms with E-state index in [0.29, 0.717) is 5.57 Å². The van der Waals surface area contributed by atoms with Gasteiger partial charge in [0, 0.05) is 37.7 Å². The lowest BCUT2D eigenvalue weighted by Crippen LogP contribution is -2.48. The van der Waals surface area contributed by atoms with Crippen LogP contribution in [-0.4, -0.2) is 59.3 Å². The Hall–Kier alpha value is -5.90. The van der Waals surface area contributed by atoms with Crippen molar-refractivity contribution in [3.8, 4) is 11.5 Å². The van der Waals surface area contributed by atoms with Crippen LogP contribution in [0.5, 0.6) is 11.5 Å². The van der Waals surface area contributed by atoms with Crippen molar-refractivity contribution in [2.24, 2.45) is 29.1 Å². The van der Waals surface area contributed by atoms with E-state index in [9.17, 15) is 48.9 Å². The highest BCUT2D eigenvalue weighted by Gasteiger charge is 2.68. The number of phenolic OH excluding ortho intramolecular Hbond substituents is 1.